The minimum Gasteiger partial charge on any atom is -0.286 e. The summed E-state index contributed by atoms with van der Waals surface area (Å²) < 4.78 is 28.0. The van der Waals surface area contributed by atoms with E-state index in [1.807, 2.05) is 22.6 Å². The van der Waals surface area contributed by atoms with Crippen molar-refractivity contribution in [2.45, 2.75) is 0 Å². The first-order chi connectivity index (χ1) is 3.06. The van der Waals surface area contributed by atoms with Crippen LogP contribution in [0.25, 0.3) is 0 Å². The van der Waals surface area contributed by atoms with Crippen LogP contribution < -0.4 is 29.6 Å². The molecule has 0 spiro atoms. The smallest absolute Gasteiger partial charge is 0.286 e. The summed E-state index contributed by atoms with van der Waals surface area (Å²) in [6, 6.07) is 0. The van der Waals surface area contributed by atoms with Gasteiger partial charge in [-0.25, -0.2) is 0 Å². The molecule has 0 amide bonds. The molecule has 0 heterocycles. The van der Waals surface area contributed by atoms with Crippen LogP contribution in [0.2, 0.25) is 0 Å². The second kappa shape index (κ2) is 5.43. The number of halogens is 1. The van der Waals surface area contributed by atoms with E-state index in [1.54, 1.807) is 0 Å². The number of hydrogen-bond acceptors (Lipinski definition) is 2. The van der Waals surface area contributed by atoms with E-state index in [2.05, 4.69) is 0 Å². The first kappa shape index (κ1) is 12.3. The molecule has 44 valence electrons. The third-order valence-corrected chi connectivity index (χ3v) is 2.33. The molecule has 0 aromatic carbocycles. The summed E-state index contributed by atoms with van der Waals surface area (Å²) in [5, 5.41) is 0. The maximum absolute atomic E-state index is 9.78. The molecule has 0 rings (SSSR count). The van der Waals surface area contributed by atoms with Gasteiger partial charge in [0.2, 0.25) is 0 Å². The van der Waals surface area contributed by atoms with Crippen molar-refractivity contribution in [2.24, 2.45) is 0 Å². The van der Waals surface area contributed by atoms with Gasteiger partial charge in [-0.1, -0.05) is 22.6 Å². The molecular weight excluding hydrogens is 254 g/mol. The normalized spacial score (nSPS) is 10.2. The molecule has 1 N–H and O–H groups in total. The Bertz CT molecular complexity index is 130. The molecule has 0 aliphatic rings. The summed E-state index contributed by atoms with van der Waals surface area (Å²) >= 11 is 1.87. The maximum Gasteiger partial charge on any atom is 1.00 e. The van der Waals surface area contributed by atoms with Crippen molar-refractivity contribution >= 4 is 32.7 Å². The molecule has 0 aromatic heterocycles. The van der Waals surface area contributed by atoms with Crippen LogP contribution in [0.15, 0.2) is 0 Å². The quantitative estimate of drug-likeness (QED) is 0.254. The van der Waals surface area contributed by atoms with E-state index in [-0.39, 0.29) is 35.3 Å². The van der Waals surface area contributed by atoms with Gasteiger partial charge in [-0.05, 0) is 0 Å². The average molecular weight is 259 g/mol. The third kappa shape index (κ3) is 10.6. The Morgan fingerprint density at radius 3 is 1.88 bits per heavy atom. The van der Waals surface area contributed by atoms with Gasteiger partial charge in [0, 0.05) is 4.43 Å². The molecule has 0 unspecified atom stereocenters. The first-order valence-corrected chi connectivity index (χ1v) is 4.71. The monoisotopic (exact) mass is 259 g/mol. The zero-order valence-corrected chi connectivity index (χ0v) is 9.44. The summed E-state index contributed by atoms with van der Waals surface area (Å²) in [6.07, 6.45) is 0. The van der Waals surface area contributed by atoms with Gasteiger partial charge < -0.3 is 0 Å². The van der Waals surface area contributed by atoms with Crippen LogP contribution in [0.3, 0.4) is 0 Å². The fourth-order valence-electron chi connectivity index (χ4n) is 0.0975. The minimum atomic E-state index is -3.68. The summed E-state index contributed by atoms with van der Waals surface area (Å²) in [7, 11) is -3.68. The fraction of sp³-hybridized carbons (Fsp3) is 1.00. The van der Waals surface area contributed by atoms with Crippen molar-refractivity contribution in [3.63, 3.8) is 0 Å². The molecule has 0 aliphatic carbocycles. The molecule has 0 atom stereocenters. The Balaban J connectivity index is 0. The second-order valence-electron chi connectivity index (χ2n) is 0.975. The number of alkyl halides is 1. The minimum absolute atomic E-state index is 0. The van der Waals surface area contributed by atoms with Crippen LogP contribution in [-0.4, -0.2) is 23.2 Å². The van der Waals surface area contributed by atoms with Crippen molar-refractivity contribution in [1.29, 1.82) is 0 Å². The van der Waals surface area contributed by atoms with Gasteiger partial charge in [-0.2, -0.15) is 8.42 Å². The van der Waals surface area contributed by atoms with Gasteiger partial charge in [-0.15, -0.1) is 0 Å². The van der Waals surface area contributed by atoms with E-state index >= 15 is 0 Å². The Hall–Kier alpha value is 1.64. The van der Waals surface area contributed by atoms with Crippen molar-refractivity contribution in [3.05, 3.63) is 0 Å². The van der Waals surface area contributed by atoms with Crippen LogP contribution in [0.5, 0.6) is 0 Å². The molecule has 6 heteroatoms. The molecule has 0 saturated carbocycles. The van der Waals surface area contributed by atoms with E-state index in [0.717, 1.165) is 0 Å². The van der Waals surface area contributed by atoms with Gasteiger partial charge >= 0.3 is 29.6 Å². The van der Waals surface area contributed by atoms with Crippen molar-refractivity contribution in [1.82, 2.24) is 0 Å². The Kier molecular flexibility index (Phi) is 8.36. The molecule has 0 fully saturated rings. The molecule has 0 aliphatic heterocycles. The molecule has 8 heavy (non-hydrogen) atoms. The predicted octanol–water partition coefficient (Wildman–Crippen LogP) is -2.69. The Morgan fingerprint density at radius 2 is 1.88 bits per heavy atom. The second-order valence-corrected chi connectivity index (χ2v) is 3.63. The Labute approximate surface area is 84.4 Å². The van der Waals surface area contributed by atoms with Crippen LogP contribution in [0.4, 0.5) is 0 Å². The Morgan fingerprint density at radius 1 is 1.50 bits per heavy atom. The van der Waals surface area contributed by atoms with Crippen molar-refractivity contribution < 1.29 is 42.5 Å². The summed E-state index contributed by atoms with van der Waals surface area (Å²) in [5.41, 5.74) is 0. The van der Waals surface area contributed by atoms with Crippen molar-refractivity contribution in [3.8, 4) is 0 Å². The van der Waals surface area contributed by atoms with Gasteiger partial charge in [0.05, 0.1) is 5.75 Å². The van der Waals surface area contributed by atoms with Crippen LogP contribution in [-0.2, 0) is 10.1 Å². The predicted molar refractivity (Wildman–Crippen MR) is 35.3 cm³/mol. The third-order valence-electron chi connectivity index (χ3n) is 0.335. The van der Waals surface area contributed by atoms with Crippen LogP contribution in [0.1, 0.15) is 0 Å². The zero-order valence-electron chi connectivity index (χ0n) is 4.46. The molecular formula is C2H5INaO3S+. The summed E-state index contributed by atoms with van der Waals surface area (Å²) in [6.45, 7) is 0. The van der Waals surface area contributed by atoms with E-state index in [1.165, 1.54) is 0 Å². The summed E-state index contributed by atoms with van der Waals surface area (Å²) in [4.78, 5) is 0. The van der Waals surface area contributed by atoms with Gasteiger partial charge in [0.1, 0.15) is 0 Å². The maximum atomic E-state index is 9.78. The number of hydrogen-bond donors (Lipinski definition) is 1. The zero-order chi connectivity index (χ0) is 5.91. The molecule has 0 radical (unpaired) electrons. The van der Waals surface area contributed by atoms with E-state index in [9.17, 15) is 8.42 Å². The van der Waals surface area contributed by atoms with Crippen LogP contribution in [0, 0.1) is 0 Å². The number of rotatable bonds is 2. The fourth-order valence-corrected chi connectivity index (χ4v) is 1.96. The molecule has 0 bridgehead atoms. The van der Waals surface area contributed by atoms with Gasteiger partial charge in [0.15, 0.2) is 0 Å². The SMILES string of the molecule is O=S(=O)(O)CCI.[Na+]. The van der Waals surface area contributed by atoms with Gasteiger partial charge in [-0.3, -0.25) is 4.55 Å². The molecule has 0 saturated heterocycles. The van der Waals surface area contributed by atoms with E-state index in [4.69, 9.17) is 4.55 Å². The largest absolute Gasteiger partial charge is 1.00 e. The van der Waals surface area contributed by atoms with E-state index < -0.39 is 10.1 Å². The van der Waals surface area contributed by atoms with Crippen LogP contribution >= 0.6 is 22.6 Å². The molecule has 0 aromatic rings. The summed E-state index contributed by atoms with van der Waals surface area (Å²) in [5.74, 6) is -0.145. The average Bonchev–Trinajstić information content (AvgIpc) is 1.30. The first-order valence-electron chi connectivity index (χ1n) is 1.57. The van der Waals surface area contributed by atoms with Crippen molar-refractivity contribution in [2.75, 3.05) is 10.2 Å². The van der Waals surface area contributed by atoms with E-state index in [0.29, 0.717) is 4.43 Å². The topological polar surface area (TPSA) is 54.4 Å². The molecule has 3 nitrogen and oxygen atoms in total. The van der Waals surface area contributed by atoms with Gasteiger partial charge in [0.25, 0.3) is 10.1 Å². The standard InChI is InChI=1S/C2H5IO3S.Na/c3-1-2-7(4,5)6;/h1-2H2,(H,4,5,6);/q;+1.